The zero-order valence-electron chi connectivity index (χ0n) is 11.3. The lowest BCUT2D eigenvalue weighted by Gasteiger charge is -2.26. The summed E-state index contributed by atoms with van der Waals surface area (Å²) >= 11 is 0. The smallest absolute Gasteiger partial charge is 0.295 e. The summed E-state index contributed by atoms with van der Waals surface area (Å²) in [6.07, 6.45) is -0.0742. The van der Waals surface area contributed by atoms with Gasteiger partial charge in [-0.05, 0) is 24.3 Å². The van der Waals surface area contributed by atoms with Gasteiger partial charge in [-0.1, -0.05) is 24.3 Å². The van der Waals surface area contributed by atoms with E-state index in [0.29, 0.717) is 19.2 Å². The Morgan fingerprint density at radius 1 is 1.05 bits per heavy atom. The van der Waals surface area contributed by atoms with Gasteiger partial charge in [0.25, 0.3) is 6.01 Å². The van der Waals surface area contributed by atoms with Crippen LogP contribution in [0.4, 0.5) is 6.01 Å². The molecule has 1 aromatic heterocycles. The normalized spacial score (nSPS) is 16.9. The summed E-state index contributed by atoms with van der Waals surface area (Å²) in [6, 6.07) is 15.8. The first kappa shape index (κ1) is 12.1. The van der Waals surface area contributed by atoms with E-state index in [2.05, 4.69) is 10.3 Å². The molecular formula is C16H14N2O3. The summed E-state index contributed by atoms with van der Waals surface area (Å²) in [5, 5.41) is 3.15. The fraction of sp³-hybridized carbons (Fsp3) is 0.188. The van der Waals surface area contributed by atoms with Gasteiger partial charge in [-0.25, -0.2) is 0 Å². The van der Waals surface area contributed by atoms with Gasteiger partial charge in [-0.15, -0.1) is 0 Å². The fourth-order valence-corrected chi connectivity index (χ4v) is 2.31. The van der Waals surface area contributed by atoms with Crippen LogP contribution in [0.15, 0.2) is 52.9 Å². The van der Waals surface area contributed by atoms with E-state index in [1.165, 1.54) is 0 Å². The van der Waals surface area contributed by atoms with Gasteiger partial charge in [-0.2, -0.15) is 4.98 Å². The largest absolute Gasteiger partial charge is 0.486 e. The van der Waals surface area contributed by atoms with Gasteiger partial charge in [0.15, 0.2) is 23.2 Å². The number of hydrogen-bond donors (Lipinski definition) is 1. The summed E-state index contributed by atoms with van der Waals surface area (Å²) in [5.41, 5.74) is 1.61. The Kier molecular flexibility index (Phi) is 2.88. The fourth-order valence-electron chi connectivity index (χ4n) is 2.31. The number of ether oxygens (including phenoxy) is 2. The van der Waals surface area contributed by atoms with Crippen molar-refractivity contribution in [3.8, 4) is 11.5 Å². The van der Waals surface area contributed by atoms with Crippen LogP contribution in [0.25, 0.3) is 11.1 Å². The summed E-state index contributed by atoms with van der Waals surface area (Å²) < 4.78 is 17.1. The van der Waals surface area contributed by atoms with E-state index in [-0.39, 0.29) is 6.10 Å². The van der Waals surface area contributed by atoms with E-state index in [0.717, 1.165) is 22.6 Å². The predicted octanol–water partition coefficient (Wildman–Crippen LogP) is 3.08. The number of fused-ring (bicyclic) bond motifs is 2. The van der Waals surface area contributed by atoms with Crippen LogP contribution in [0.5, 0.6) is 11.5 Å². The molecule has 5 heteroatoms. The molecule has 0 saturated carbocycles. The maximum absolute atomic E-state index is 5.87. The van der Waals surface area contributed by atoms with E-state index in [4.69, 9.17) is 13.9 Å². The number of oxazole rings is 1. The summed E-state index contributed by atoms with van der Waals surface area (Å²) in [4.78, 5) is 4.37. The van der Waals surface area contributed by atoms with Crippen LogP contribution < -0.4 is 14.8 Å². The van der Waals surface area contributed by atoms with Crippen molar-refractivity contribution in [1.82, 2.24) is 4.98 Å². The zero-order chi connectivity index (χ0) is 14.1. The van der Waals surface area contributed by atoms with Crippen molar-refractivity contribution in [1.29, 1.82) is 0 Å². The van der Waals surface area contributed by atoms with Gasteiger partial charge < -0.3 is 19.2 Å². The molecule has 0 saturated heterocycles. The maximum Gasteiger partial charge on any atom is 0.295 e. The van der Waals surface area contributed by atoms with Crippen LogP contribution in [0.3, 0.4) is 0 Å². The Hall–Kier alpha value is -2.69. The monoisotopic (exact) mass is 282 g/mol. The van der Waals surface area contributed by atoms with E-state index in [9.17, 15) is 0 Å². The molecule has 4 rings (SSSR count). The Morgan fingerprint density at radius 2 is 1.86 bits per heavy atom. The third-order valence-electron chi connectivity index (χ3n) is 3.34. The Bertz CT molecular complexity index is 736. The Morgan fingerprint density at radius 3 is 2.76 bits per heavy atom. The third kappa shape index (κ3) is 2.38. The number of nitrogens with zero attached hydrogens (tertiary/aromatic N) is 1. The second-order valence-corrected chi connectivity index (χ2v) is 4.87. The Balaban J connectivity index is 1.43. The van der Waals surface area contributed by atoms with Crippen molar-refractivity contribution < 1.29 is 13.9 Å². The van der Waals surface area contributed by atoms with Crippen molar-refractivity contribution >= 4 is 17.1 Å². The van der Waals surface area contributed by atoms with Crippen molar-refractivity contribution in [3.63, 3.8) is 0 Å². The highest BCUT2D eigenvalue weighted by atomic mass is 16.6. The van der Waals surface area contributed by atoms with E-state index < -0.39 is 0 Å². The molecule has 0 radical (unpaired) electrons. The number of aromatic nitrogens is 1. The first-order valence-corrected chi connectivity index (χ1v) is 6.86. The van der Waals surface area contributed by atoms with Crippen LogP contribution in [-0.4, -0.2) is 24.2 Å². The number of rotatable bonds is 3. The molecule has 21 heavy (non-hydrogen) atoms. The molecule has 1 N–H and O–H groups in total. The average molecular weight is 282 g/mol. The molecule has 2 heterocycles. The summed E-state index contributed by atoms with van der Waals surface area (Å²) in [7, 11) is 0. The van der Waals surface area contributed by atoms with Crippen LogP contribution in [0, 0.1) is 0 Å². The van der Waals surface area contributed by atoms with Gasteiger partial charge in [0.05, 0.1) is 6.54 Å². The van der Waals surface area contributed by atoms with Crippen LogP contribution in [-0.2, 0) is 0 Å². The molecule has 0 spiro atoms. The number of anilines is 1. The van der Waals surface area contributed by atoms with Crippen LogP contribution in [0.2, 0.25) is 0 Å². The molecule has 3 aromatic rings. The lowest BCUT2D eigenvalue weighted by Crippen LogP contribution is -2.35. The van der Waals surface area contributed by atoms with Crippen molar-refractivity contribution in [2.45, 2.75) is 6.10 Å². The predicted molar refractivity (Wildman–Crippen MR) is 78.9 cm³/mol. The van der Waals surface area contributed by atoms with Gasteiger partial charge in [0.1, 0.15) is 12.1 Å². The summed E-state index contributed by atoms with van der Waals surface area (Å²) in [5.74, 6) is 1.56. The van der Waals surface area contributed by atoms with Gasteiger partial charge in [-0.3, -0.25) is 0 Å². The molecule has 0 unspecified atom stereocenters. The Labute approximate surface area is 121 Å². The highest BCUT2D eigenvalue weighted by Crippen LogP contribution is 2.30. The van der Waals surface area contributed by atoms with Crippen molar-refractivity contribution in [2.75, 3.05) is 18.5 Å². The van der Waals surface area contributed by atoms with Crippen molar-refractivity contribution in [2.24, 2.45) is 0 Å². The zero-order valence-corrected chi connectivity index (χ0v) is 11.3. The minimum atomic E-state index is -0.0742. The van der Waals surface area contributed by atoms with E-state index >= 15 is 0 Å². The molecule has 1 aliphatic rings. The molecule has 0 fully saturated rings. The van der Waals surface area contributed by atoms with Gasteiger partial charge >= 0.3 is 0 Å². The van der Waals surface area contributed by atoms with Gasteiger partial charge in [0.2, 0.25) is 0 Å². The molecule has 0 bridgehead atoms. The first-order chi connectivity index (χ1) is 10.4. The molecule has 5 nitrogen and oxygen atoms in total. The quantitative estimate of drug-likeness (QED) is 0.800. The topological polar surface area (TPSA) is 56.5 Å². The van der Waals surface area contributed by atoms with Crippen LogP contribution in [0.1, 0.15) is 0 Å². The SMILES string of the molecule is c1ccc2c(c1)OC[C@H](CNc1nc3ccccc3o1)O2. The second kappa shape index (κ2) is 5.01. The third-order valence-corrected chi connectivity index (χ3v) is 3.34. The van der Waals surface area contributed by atoms with Crippen LogP contribution >= 0.6 is 0 Å². The minimum Gasteiger partial charge on any atom is -0.486 e. The summed E-state index contributed by atoms with van der Waals surface area (Å²) in [6.45, 7) is 1.07. The lowest BCUT2D eigenvalue weighted by atomic mass is 10.2. The number of benzene rings is 2. The van der Waals surface area contributed by atoms with E-state index in [1.54, 1.807) is 0 Å². The molecule has 1 aliphatic heterocycles. The second-order valence-electron chi connectivity index (χ2n) is 4.87. The standard InChI is InChI=1S/C16H14N2O3/c1-2-6-13-12(5-1)18-16(21-13)17-9-11-10-19-14-7-3-4-8-15(14)20-11/h1-8,11H,9-10H2,(H,17,18)/t11-/m0/s1. The van der Waals surface area contributed by atoms with Gasteiger partial charge in [0, 0.05) is 0 Å². The number of para-hydroxylation sites is 4. The van der Waals surface area contributed by atoms with Crippen molar-refractivity contribution in [3.05, 3.63) is 48.5 Å². The average Bonchev–Trinajstić information content (AvgIpc) is 2.95. The molecule has 0 aliphatic carbocycles. The lowest BCUT2D eigenvalue weighted by molar-refractivity contribution is 0.0994. The highest BCUT2D eigenvalue weighted by molar-refractivity contribution is 5.74. The molecule has 2 aromatic carbocycles. The number of nitrogens with one attached hydrogen (secondary N) is 1. The minimum absolute atomic E-state index is 0.0742. The highest BCUT2D eigenvalue weighted by Gasteiger charge is 2.20. The first-order valence-electron chi connectivity index (χ1n) is 6.86. The molecule has 1 atom stereocenters. The van der Waals surface area contributed by atoms with E-state index in [1.807, 2.05) is 48.5 Å². The number of hydrogen-bond acceptors (Lipinski definition) is 5. The molecule has 0 amide bonds. The molecule has 106 valence electrons. The maximum atomic E-state index is 5.87. The molecular weight excluding hydrogens is 268 g/mol.